The Hall–Kier alpha value is -1.59. The first-order valence-corrected chi connectivity index (χ1v) is 7.25. The molecule has 2 atom stereocenters. The van der Waals surface area contributed by atoms with Gasteiger partial charge in [0.2, 0.25) is 5.91 Å². The lowest BCUT2D eigenvalue weighted by Gasteiger charge is -2.19. The molecule has 0 saturated carbocycles. The molecule has 5 nitrogen and oxygen atoms in total. The number of carbonyl (C=O) groups is 2. The van der Waals surface area contributed by atoms with E-state index in [1.54, 1.807) is 12.1 Å². The molecule has 0 aromatic heterocycles. The van der Waals surface area contributed by atoms with Crippen molar-refractivity contribution in [3.63, 3.8) is 0 Å². The maximum atomic E-state index is 11.8. The number of amides is 1. The number of carboxylic acid groups (broad SMARTS) is 1. The van der Waals surface area contributed by atoms with Crippen LogP contribution in [0.3, 0.4) is 0 Å². The summed E-state index contributed by atoms with van der Waals surface area (Å²) < 4.78 is 0. The maximum Gasteiger partial charge on any atom is 0.320 e. The van der Waals surface area contributed by atoms with Gasteiger partial charge in [-0.25, -0.2) is 0 Å². The summed E-state index contributed by atoms with van der Waals surface area (Å²) in [5.41, 5.74) is 1.52. The predicted octanol–water partition coefficient (Wildman–Crippen LogP) is 2.68. The average Bonchev–Trinajstić information content (AvgIpc) is 2.42. The van der Waals surface area contributed by atoms with Crippen LogP contribution in [-0.2, 0) is 9.59 Å². The molecule has 0 spiro atoms. The minimum Gasteiger partial charge on any atom is -0.480 e. The third kappa shape index (κ3) is 5.36. The fourth-order valence-corrected chi connectivity index (χ4v) is 2.03. The van der Waals surface area contributed by atoms with Gasteiger partial charge >= 0.3 is 5.97 Å². The SMILES string of the molecule is CC[C@H](C)[C@H](NCC(=O)Nc1ccc(C)c(Cl)c1)C(=O)O. The number of halogens is 1. The smallest absolute Gasteiger partial charge is 0.320 e. The van der Waals surface area contributed by atoms with Gasteiger partial charge in [-0.3, -0.25) is 14.9 Å². The summed E-state index contributed by atoms with van der Waals surface area (Å²) in [6.45, 7) is 5.56. The monoisotopic (exact) mass is 312 g/mol. The number of hydrogen-bond acceptors (Lipinski definition) is 3. The summed E-state index contributed by atoms with van der Waals surface area (Å²) in [5.74, 6) is -1.30. The summed E-state index contributed by atoms with van der Waals surface area (Å²) in [7, 11) is 0. The van der Waals surface area contributed by atoms with Crippen molar-refractivity contribution >= 4 is 29.2 Å². The number of benzene rings is 1. The Balaban J connectivity index is 2.56. The highest BCUT2D eigenvalue weighted by molar-refractivity contribution is 6.31. The molecule has 0 fully saturated rings. The van der Waals surface area contributed by atoms with Crippen molar-refractivity contribution < 1.29 is 14.7 Å². The second kappa shape index (κ2) is 8.00. The first-order valence-electron chi connectivity index (χ1n) is 6.87. The van der Waals surface area contributed by atoms with Gasteiger partial charge < -0.3 is 10.4 Å². The van der Waals surface area contributed by atoms with E-state index in [4.69, 9.17) is 16.7 Å². The van der Waals surface area contributed by atoms with Crippen LogP contribution in [0.4, 0.5) is 5.69 Å². The zero-order valence-corrected chi connectivity index (χ0v) is 13.2. The first kappa shape index (κ1) is 17.5. The fourth-order valence-electron chi connectivity index (χ4n) is 1.85. The Bertz CT molecular complexity index is 520. The summed E-state index contributed by atoms with van der Waals surface area (Å²) >= 11 is 5.98. The molecule has 0 aliphatic carbocycles. The molecular weight excluding hydrogens is 292 g/mol. The first-order chi connectivity index (χ1) is 9.85. The molecule has 0 bridgehead atoms. The molecule has 21 heavy (non-hydrogen) atoms. The Labute approximate surface area is 129 Å². The summed E-state index contributed by atoms with van der Waals surface area (Å²) in [6, 6.07) is 4.49. The highest BCUT2D eigenvalue weighted by Crippen LogP contribution is 2.19. The van der Waals surface area contributed by atoms with Crippen molar-refractivity contribution in [1.82, 2.24) is 5.32 Å². The van der Waals surface area contributed by atoms with Gasteiger partial charge in [-0.15, -0.1) is 0 Å². The van der Waals surface area contributed by atoms with Crippen LogP contribution in [-0.4, -0.2) is 29.6 Å². The van der Waals surface area contributed by atoms with Gasteiger partial charge in [-0.2, -0.15) is 0 Å². The van der Waals surface area contributed by atoms with Crippen molar-refractivity contribution in [2.24, 2.45) is 5.92 Å². The van der Waals surface area contributed by atoms with Crippen LogP contribution >= 0.6 is 11.6 Å². The van der Waals surface area contributed by atoms with E-state index in [9.17, 15) is 9.59 Å². The van der Waals surface area contributed by atoms with Crippen LogP contribution in [0.5, 0.6) is 0 Å². The van der Waals surface area contributed by atoms with E-state index in [0.29, 0.717) is 10.7 Å². The molecule has 0 radical (unpaired) electrons. The van der Waals surface area contributed by atoms with E-state index in [1.165, 1.54) is 0 Å². The topological polar surface area (TPSA) is 78.4 Å². The minimum atomic E-state index is -0.949. The summed E-state index contributed by atoms with van der Waals surface area (Å²) in [5, 5.41) is 15.2. The largest absolute Gasteiger partial charge is 0.480 e. The lowest BCUT2D eigenvalue weighted by Crippen LogP contribution is -2.45. The van der Waals surface area contributed by atoms with E-state index >= 15 is 0 Å². The number of aliphatic carboxylic acids is 1. The third-order valence-electron chi connectivity index (χ3n) is 3.42. The molecule has 1 aromatic carbocycles. The number of aryl methyl sites for hydroxylation is 1. The second-order valence-corrected chi connectivity index (χ2v) is 5.50. The molecule has 0 aliphatic rings. The van der Waals surface area contributed by atoms with Crippen LogP contribution in [0.25, 0.3) is 0 Å². The van der Waals surface area contributed by atoms with Gasteiger partial charge in [0, 0.05) is 10.7 Å². The number of carbonyl (C=O) groups excluding carboxylic acids is 1. The second-order valence-electron chi connectivity index (χ2n) is 5.09. The zero-order chi connectivity index (χ0) is 16.0. The minimum absolute atomic E-state index is 0.0517. The molecule has 1 rings (SSSR count). The van der Waals surface area contributed by atoms with E-state index in [1.807, 2.05) is 26.8 Å². The Morgan fingerprint density at radius 3 is 2.57 bits per heavy atom. The third-order valence-corrected chi connectivity index (χ3v) is 3.82. The van der Waals surface area contributed by atoms with Gasteiger partial charge in [-0.05, 0) is 30.5 Å². The van der Waals surface area contributed by atoms with Crippen molar-refractivity contribution in [3.8, 4) is 0 Å². The van der Waals surface area contributed by atoms with E-state index in [-0.39, 0.29) is 18.4 Å². The van der Waals surface area contributed by atoms with Gasteiger partial charge in [0.1, 0.15) is 6.04 Å². The lowest BCUT2D eigenvalue weighted by atomic mass is 9.99. The Kier molecular flexibility index (Phi) is 6.65. The molecule has 3 N–H and O–H groups in total. The van der Waals surface area contributed by atoms with E-state index in [0.717, 1.165) is 12.0 Å². The van der Waals surface area contributed by atoms with Crippen molar-refractivity contribution in [2.45, 2.75) is 33.2 Å². The fraction of sp³-hybridized carbons (Fsp3) is 0.467. The lowest BCUT2D eigenvalue weighted by molar-refractivity contribution is -0.140. The average molecular weight is 313 g/mol. The molecule has 1 amide bonds. The molecular formula is C15H21ClN2O3. The molecule has 0 saturated heterocycles. The van der Waals surface area contributed by atoms with Gasteiger partial charge in [-0.1, -0.05) is 37.9 Å². The highest BCUT2D eigenvalue weighted by Gasteiger charge is 2.23. The standard InChI is InChI=1S/C15H21ClN2O3/c1-4-9(2)14(15(20)21)17-8-13(19)18-11-6-5-10(3)12(16)7-11/h5-7,9,14,17H,4,8H2,1-3H3,(H,18,19)(H,20,21)/t9-,14-/m0/s1. The van der Waals surface area contributed by atoms with Crippen LogP contribution in [0.2, 0.25) is 5.02 Å². The van der Waals surface area contributed by atoms with Crippen LogP contribution < -0.4 is 10.6 Å². The molecule has 6 heteroatoms. The van der Waals surface area contributed by atoms with Crippen molar-refractivity contribution in [3.05, 3.63) is 28.8 Å². The van der Waals surface area contributed by atoms with Crippen molar-refractivity contribution in [1.29, 1.82) is 0 Å². The van der Waals surface area contributed by atoms with Gasteiger partial charge in [0.25, 0.3) is 0 Å². The number of carboxylic acids is 1. The summed E-state index contributed by atoms with van der Waals surface area (Å²) in [6.07, 6.45) is 0.721. The molecule has 0 heterocycles. The Morgan fingerprint density at radius 2 is 2.05 bits per heavy atom. The summed E-state index contributed by atoms with van der Waals surface area (Å²) in [4.78, 5) is 23.0. The van der Waals surface area contributed by atoms with Crippen LogP contribution in [0.1, 0.15) is 25.8 Å². The number of anilines is 1. The predicted molar refractivity (Wildman–Crippen MR) is 83.7 cm³/mol. The number of hydrogen-bond donors (Lipinski definition) is 3. The quantitative estimate of drug-likeness (QED) is 0.723. The van der Waals surface area contributed by atoms with Crippen molar-refractivity contribution in [2.75, 3.05) is 11.9 Å². The van der Waals surface area contributed by atoms with Gasteiger partial charge in [0.15, 0.2) is 0 Å². The van der Waals surface area contributed by atoms with Crippen LogP contribution in [0, 0.1) is 12.8 Å². The molecule has 0 unspecified atom stereocenters. The maximum absolute atomic E-state index is 11.8. The number of nitrogens with one attached hydrogen (secondary N) is 2. The highest BCUT2D eigenvalue weighted by atomic mass is 35.5. The number of rotatable bonds is 7. The Morgan fingerprint density at radius 1 is 1.38 bits per heavy atom. The zero-order valence-electron chi connectivity index (χ0n) is 12.4. The molecule has 0 aliphatic heterocycles. The van der Waals surface area contributed by atoms with Gasteiger partial charge in [0.05, 0.1) is 6.54 Å². The molecule has 116 valence electrons. The normalized spacial score (nSPS) is 13.5. The molecule has 1 aromatic rings. The van der Waals surface area contributed by atoms with Crippen LogP contribution in [0.15, 0.2) is 18.2 Å². The van der Waals surface area contributed by atoms with E-state index in [2.05, 4.69) is 10.6 Å². The van der Waals surface area contributed by atoms with E-state index < -0.39 is 12.0 Å².